The van der Waals surface area contributed by atoms with Crippen molar-refractivity contribution in [3.8, 4) is 5.75 Å². The highest BCUT2D eigenvalue weighted by molar-refractivity contribution is 7.89. The van der Waals surface area contributed by atoms with Gasteiger partial charge in [-0.2, -0.15) is 4.31 Å². The van der Waals surface area contributed by atoms with E-state index in [4.69, 9.17) is 4.74 Å². The quantitative estimate of drug-likeness (QED) is 0.899. The van der Waals surface area contributed by atoms with Crippen LogP contribution in [0.1, 0.15) is 19.3 Å². The summed E-state index contributed by atoms with van der Waals surface area (Å²) in [5, 5.41) is 2.86. The van der Waals surface area contributed by atoms with Crippen molar-refractivity contribution in [2.45, 2.75) is 24.2 Å². The Kier molecular flexibility index (Phi) is 3.86. The standard InChI is InChI=1S/C15H20N2O4S/c1-21-12-2-4-13(5-3-12)22(19,20)17-8-6-15(7-9-17)10-14(18)16-11-15/h2-5H,6-11H2,1H3,(H,16,18). The van der Waals surface area contributed by atoms with Crippen LogP contribution in [0.15, 0.2) is 29.2 Å². The summed E-state index contributed by atoms with van der Waals surface area (Å²) >= 11 is 0. The smallest absolute Gasteiger partial charge is 0.243 e. The third-order valence-corrected chi connectivity index (χ3v) is 6.59. The summed E-state index contributed by atoms with van der Waals surface area (Å²) in [6.45, 7) is 1.59. The normalized spacial score (nSPS) is 21.8. The van der Waals surface area contributed by atoms with Crippen molar-refractivity contribution >= 4 is 15.9 Å². The molecule has 0 atom stereocenters. The van der Waals surface area contributed by atoms with Crippen molar-refractivity contribution in [1.82, 2.24) is 9.62 Å². The second-order valence-corrected chi connectivity index (χ2v) is 7.97. The molecule has 1 aromatic carbocycles. The summed E-state index contributed by atoms with van der Waals surface area (Å²) in [5.41, 5.74) is -0.0526. The fourth-order valence-electron chi connectivity index (χ4n) is 3.20. The van der Waals surface area contributed by atoms with E-state index in [0.29, 0.717) is 31.8 Å². The second kappa shape index (κ2) is 5.55. The fraction of sp³-hybridized carbons (Fsp3) is 0.533. The number of hydrogen-bond donors (Lipinski definition) is 1. The summed E-state index contributed by atoms with van der Waals surface area (Å²) in [6, 6.07) is 6.44. The molecule has 2 aliphatic rings. The molecule has 1 spiro atoms. The van der Waals surface area contributed by atoms with Crippen LogP contribution in [0, 0.1) is 5.41 Å². The van der Waals surface area contributed by atoms with E-state index in [0.717, 1.165) is 12.8 Å². The maximum atomic E-state index is 12.7. The molecular formula is C15H20N2O4S. The van der Waals surface area contributed by atoms with Crippen molar-refractivity contribution in [3.63, 3.8) is 0 Å². The van der Waals surface area contributed by atoms with Gasteiger partial charge in [0.1, 0.15) is 5.75 Å². The molecule has 0 unspecified atom stereocenters. The molecule has 1 N–H and O–H groups in total. The van der Waals surface area contributed by atoms with Gasteiger partial charge in [-0.15, -0.1) is 0 Å². The first-order valence-corrected chi connectivity index (χ1v) is 8.80. The highest BCUT2D eigenvalue weighted by Crippen LogP contribution is 2.38. The summed E-state index contributed by atoms with van der Waals surface area (Å²) in [4.78, 5) is 11.7. The molecule has 6 nitrogen and oxygen atoms in total. The molecule has 2 aliphatic heterocycles. The summed E-state index contributed by atoms with van der Waals surface area (Å²) in [6.07, 6.45) is 1.96. The highest BCUT2D eigenvalue weighted by atomic mass is 32.2. The molecule has 0 bridgehead atoms. The number of piperidine rings is 1. The number of carbonyl (C=O) groups excluding carboxylic acids is 1. The average molecular weight is 324 g/mol. The fourth-order valence-corrected chi connectivity index (χ4v) is 4.64. The van der Waals surface area contributed by atoms with Crippen LogP contribution < -0.4 is 10.1 Å². The van der Waals surface area contributed by atoms with Crippen LogP contribution in [0.3, 0.4) is 0 Å². The third-order valence-electron chi connectivity index (χ3n) is 4.68. The first kappa shape index (κ1) is 15.3. The van der Waals surface area contributed by atoms with Gasteiger partial charge >= 0.3 is 0 Å². The number of methoxy groups -OCH3 is 1. The van der Waals surface area contributed by atoms with E-state index in [1.54, 1.807) is 31.4 Å². The van der Waals surface area contributed by atoms with E-state index in [1.165, 1.54) is 4.31 Å². The van der Waals surface area contributed by atoms with Crippen molar-refractivity contribution in [3.05, 3.63) is 24.3 Å². The Labute approximate surface area is 130 Å². The van der Waals surface area contributed by atoms with E-state index in [9.17, 15) is 13.2 Å². The van der Waals surface area contributed by atoms with E-state index in [1.807, 2.05) is 0 Å². The second-order valence-electron chi connectivity index (χ2n) is 6.03. The van der Waals surface area contributed by atoms with E-state index >= 15 is 0 Å². The van der Waals surface area contributed by atoms with Crippen molar-refractivity contribution in [1.29, 1.82) is 0 Å². The van der Waals surface area contributed by atoms with Gasteiger partial charge in [-0.1, -0.05) is 0 Å². The highest BCUT2D eigenvalue weighted by Gasteiger charge is 2.43. The minimum atomic E-state index is -3.47. The van der Waals surface area contributed by atoms with E-state index < -0.39 is 10.0 Å². The number of hydrogen-bond acceptors (Lipinski definition) is 4. The van der Waals surface area contributed by atoms with Gasteiger partial charge in [-0.05, 0) is 42.5 Å². The largest absolute Gasteiger partial charge is 0.497 e. The zero-order valence-corrected chi connectivity index (χ0v) is 13.4. The summed E-state index contributed by atoms with van der Waals surface area (Å²) in [5.74, 6) is 0.707. The molecule has 0 saturated carbocycles. The molecule has 0 radical (unpaired) electrons. The summed E-state index contributed by atoms with van der Waals surface area (Å²) < 4.78 is 31.9. The van der Waals surface area contributed by atoms with Crippen molar-refractivity contribution in [2.75, 3.05) is 26.7 Å². The van der Waals surface area contributed by atoms with E-state index in [2.05, 4.69) is 5.32 Å². The number of rotatable bonds is 3. The van der Waals surface area contributed by atoms with Crippen LogP contribution in [-0.4, -0.2) is 45.4 Å². The average Bonchev–Trinajstić information content (AvgIpc) is 2.88. The first-order chi connectivity index (χ1) is 10.5. The maximum Gasteiger partial charge on any atom is 0.243 e. The molecule has 2 heterocycles. The summed E-state index contributed by atoms with van der Waals surface area (Å²) in [7, 11) is -1.93. The Morgan fingerprint density at radius 2 is 1.82 bits per heavy atom. The van der Waals surface area contributed by atoms with Gasteiger partial charge < -0.3 is 10.1 Å². The number of sulfonamides is 1. The Morgan fingerprint density at radius 1 is 1.18 bits per heavy atom. The lowest BCUT2D eigenvalue weighted by atomic mass is 9.78. The van der Waals surface area contributed by atoms with Crippen molar-refractivity contribution in [2.24, 2.45) is 5.41 Å². The van der Waals surface area contributed by atoms with Gasteiger partial charge in [0.15, 0.2) is 0 Å². The van der Waals surface area contributed by atoms with Crippen LogP contribution in [0.2, 0.25) is 0 Å². The van der Waals surface area contributed by atoms with Crippen LogP contribution in [0.25, 0.3) is 0 Å². The van der Waals surface area contributed by atoms with Crippen LogP contribution in [0.5, 0.6) is 5.75 Å². The number of benzene rings is 1. The zero-order chi connectivity index (χ0) is 15.8. The minimum absolute atomic E-state index is 0.0526. The molecular weight excluding hydrogens is 304 g/mol. The minimum Gasteiger partial charge on any atom is -0.497 e. The Morgan fingerprint density at radius 3 is 2.32 bits per heavy atom. The SMILES string of the molecule is COc1ccc(S(=O)(=O)N2CCC3(CC2)CNC(=O)C3)cc1. The van der Waals surface area contributed by atoms with Crippen molar-refractivity contribution < 1.29 is 17.9 Å². The lowest BCUT2D eigenvalue weighted by Gasteiger charge is -2.37. The third kappa shape index (κ3) is 2.70. The topological polar surface area (TPSA) is 75.7 Å². The lowest BCUT2D eigenvalue weighted by molar-refractivity contribution is -0.119. The molecule has 0 aliphatic carbocycles. The van der Waals surface area contributed by atoms with Gasteiger partial charge in [0.2, 0.25) is 15.9 Å². The maximum absolute atomic E-state index is 12.7. The molecule has 22 heavy (non-hydrogen) atoms. The Bertz CT molecular complexity index is 661. The number of nitrogens with one attached hydrogen (secondary N) is 1. The van der Waals surface area contributed by atoms with Crippen LogP contribution in [0.4, 0.5) is 0 Å². The molecule has 3 rings (SSSR count). The molecule has 2 fully saturated rings. The molecule has 1 amide bonds. The Balaban J connectivity index is 1.72. The van der Waals surface area contributed by atoms with E-state index in [-0.39, 0.29) is 16.2 Å². The molecule has 0 aromatic heterocycles. The van der Waals surface area contributed by atoms with Gasteiger partial charge in [-0.3, -0.25) is 4.79 Å². The van der Waals surface area contributed by atoms with Gasteiger partial charge in [0.05, 0.1) is 12.0 Å². The first-order valence-electron chi connectivity index (χ1n) is 7.36. The predicted molar refractivity (Wildman–Crippen MR) is 81.0 cm³/mol. The molecule has 120 valence electrons. The van der Waals surface area contributed by atoms with Crippen LogP contribution >= 0.6 is 0 Å². The number of carbonyl (C=O) groups is 1. The zero-order valence-electron chi connectivity index (χ0n) is 12.5. The van der Waals surface area contributed by atoms with Gasteiger partial charge in [0.25, 0.3) is 0 Å². The monoisotopic (exact) mass is 324 g/mol. The number of nitrogens with zero attached hydrogens (tertiary/aromatic N) is 1. The lowest BCUT2D eigenvalue weighted by Crippen LogP contribution is -2.43. The van der Waals surface area contributed by atoms with Gasteiger partial charge in [-0.25, -0.2) is 8.42 Å². The molecule has 1 aromatic rings. The predicted octanol–water partition coefficient (Wildman–Crippen LogP) is 0.986. The van der Waals surface area contributed by atoms with Gasteiger partial charge in [0, 0.05) is 26.1 Å². The number of amides is 1. The Hall–Kier alpha value is -1.60. The van der Waals surface area contributed by atoms with Crippen LogP contribution in [-0.2, 0) is 14.8 Å². The molecule has 7 heteroatoms. The molecule has 2 saturated heterocycles. The number of ether oxygens (including phenoxy) is 1.